The van der Waals surface area contributed by atoms with E-state index in [1.807, 2.05) is 25.3 Å². The van der Waals surface area contributed by atoms with E-state index in [1.165, 1.54) is 0 Å². The molecule has 0 saturated heterocycles. The molecule has 1 aliphatic rings. The van der Waals surface area contributed by atoms with Crippen LogP contribution < -0.4 is 5.32 Å². The van der Waals surface area contributed by atoms with Crippen molar-refractivity contribution in [2.75, 3.05) is 19.8 Å². The average Bonchev–Trinajstić information content (AvgIpc) is 2.99. The van der Waals surface area contributed by atoms with Gasteiger partial charge in [0.2, 0.25) is 5.91 Å². The minimum atomic E-state index is -0.497. The largest absolute Gasteiger partial charge is 0.392 e. The summed E-state index contributed by atoms with van der Waals surface area (Å²) in [5, 5.41) is 20.6. The van der Waals surface area contributed by atoms with Gasteiger partial charge in [-0.05, 0) is 25.8 Å². The van der Waals surface area contributed by atoms with Crippen molar-refractivity contribution in [1.82, 2.24) is 20.3 Å². The highest BCUT2D eigenvalue weighted by Gasteiger charge is 2.28. The Morgan fingerprint density at radius 1 is 1.48 bits per heavy atom. The number of hydrogen-bond acceptors (Lipinski definition) is 5. The molecule has 2 atom stereocenters. The van der Waals surface area contributed by atoms with E-state index in [1.54, 1.807) is 4.68 Å². The zero-order valence-electron chi connectivity index (χ0n) is 13.6. The van der Waals surface area contributed by atoms with Crippen LogP contribution >= 0.6 is 0 Å². The van der Waals surface area contributed by atoms with Gasteiger partial charge < -0.3 is 15.2 Å². The van der Waals surface area contributed by atoms with E-state index in [9.17, 15) is 9.90 Å². The predicted molar refractivity (Wildman–Crippen MR) is 86.5 cm³/mol. The minimum absolute atomic E-state index is 0.0620. The second-order valence-corrected chi connectivity index (χ2v) is 5.77. The van der Waals surface area contributed by atoms with Crippen molar-refractivity contribution in [2.24, 2.45) is 5.92 Å². The molecule has 1 heterocycles. The van der Waals surface area contributed by atoms with Crippen molar-refractivity contribution in [3.05, 3.63) is 18.0 Å². The van der Waals surface area contributed by atoms with Gasteiger partial charge in [0.1, 0.15) is 5.69 Å². The highest BCUT2D eigenvalue weighted by molar-refractivity contribution is 5.79. The Hall–Kier alpha value is -1.73. The van der Waals surface area contributed by atoms with Gasteiger partial charge in [-0.15, -0.1) is 5.10 Å². The summed E-state index contributed by atoms with van der Waals surface area (Å²) in [7, 11) is 0. The van der Waals surface area contributed by atoms with Crippen LogP contribution in [0.2, 0.25) is 0 Å². The molecule has 0 bridgehead atoms. The number of rotatable bonds is 8. The molecule has 1 aliphatic carbocycles. The zero-order valence-corrected chi connectivity index (χ0v) is 13.6. The Balaban J connectivity index is 1.55. The third-order valence-electron chi connectivity index (χ3n) is 3.97. The number of carbonyl (C=O) groups excluding carboxylic acids is 1. The van der Waals surface area contributed by atoms with Gasteiger partial charge in [0.15, 0.2) is 0 Å². The van der Waals surface area contributed by atoms with E-state index in [2.05, 4.69) is 15.6 Å². The summed E-state index contributed by atoms with van der Waals surface area (Å²) in [6, 6.07) is 0. The molecule has 0 aliphatic heterocycles. The Bertz CT molecular complexity index is 515. The molecule has 1 saturated carbocycles. The molecule has 1 aromatic rings. The number of nitrogens with one attached hydrogen (secondary N) is 1. The number of aliphatic hydroxyl groups excluding tert-OH is 1. The average molecular weight is 322 g/mol. The first-order chi connectivity index (χ1) is 11.2. The molecule has 1 amide bonds. The molecule has 0 spiro atoms. The highest BCUT2D eigenvalue weighted by atomic mass is 16.5. The second-order valence-electron chi connectivity index (χ2n) is 5.77. The molecule has 7 nitrogen and oxygen atoms in total. The van der Waals surface area contributed by atoms with Gasteiger partial charge in [0.25, 0.3) is 0 Å². The summed E-state index contributed by atoms with van der Waals surface area (Å²) in [5.41, 5.74) is 0.825. The number of ether oxygens (including phenoxy) is 1. The summed E-state index contributed by atoms with van der Waals surface area (Å²) in [6.45, 7) is 3.98. The normalized spacial score (nSPS) is 21.7. The maximum atomic E-state index is 12.0. The number of allylic oxidation sites excluding steroid dienone is 1. The number of carbonyl (C=O) groups is 1. The van der Waals surface area contributed by atoms with Gasteiger partial charge in [-0.2, -0.15) is 0 Å². The Morgan fingerprint density at radius 3 is 3.09 bits per heavy atom. The number of nitrogens with zero attached hydrogens (tertiary/aromatic N) is 3. The summed E-state index contributed by atoms with van der Waals surface area (Å²) < 4.78 is 7.22. The molecule has 2 rings (SSSR count). The van der Waals surface area contributed by atoms with E-state index < -0.39 is 6.10 Å². The van der Waals surface area contributed by atoms with Crippen LogP contribution in [0.1, 0.15) is 38.3 Å². The van der Waals surface area contributed by atoms with Crippen molar-refractivity contribution in [1.29, 1.82) is 0 Å². The molecule has 23 heavy (non-hydrogen) atoms. The quantitative estimate of drug-likeness (QED) is 0.697. The van der Waals surface area contributed by atoms with Gasteiger partial charge in [0.05, 0.1) is 38.0 Å². The van der Waals surface area contributed by atoms with E-state index in [-0.39, 0.29) is 11.8 Å². The van der Waals surface area contributed by atoms with Crippen molar-refractivity contribution < 1.29 is 14.6 Å². The smallest absolute Gasteiger partial charge is 0.225 e. The number of amides is 1. The standard InChI is InChI=1S/C16H26N4O3/c1-2-5-13-12-20(19-18-13)9-11-23-10-8-17-16(22)14-6-3-4-7-15(14)21/h2,5,12,14-15,21H,3-4,6-11H2,1H3,(H,17,22)/b5-2+/t14-,15-/m1/s1. The predicted octanol–water partition coefficient (Wildman–Crippen LogP) is 0.995. The van der Waals surface area contributed by atoms with Crippen LogP contribution in [0.5, 0.6) is 0 Å². The molecule has 7 heteroatoms. The summed E-state index contributed by atoms with van der Waals surface area (Å²) in [4.78, 5) is 12.0. The van der Waals surface area contributed by atoms with Gasteiger partial charge in [-0.25, -0.2) is 4.68 Å². The number of hydrogen-bond donors (Lipinski definition) is 2. The fourth-order valence-corrected chi connectivity index (χ4v) is 2.72. The van der Waals surface area contributed by atoms with Crippen LogP contribution in [0.15, 0.2) is 12.3 Å². The first kappa shape index (κ1) is 17.6. The second kappa shape index (κ2) is 9.42. The van der Waals surface area contributed by atoms with Crippen LogP contribution in [0.4, 0.5) is 0 Å². The van der Waals surface area contributed by atoms with Crippen LogP contribution in [-0.2, 0) is 16.1 Å². The zero-order chi connectivity index (χ0) is 16.5. The van der Waals surface area contributed by atoms with Crippen molar-refractivity contribution in [3.8, 4) is 0 Å². The summed E-state index contributed by atoms with van der Waals surface area (Å²) in [5.74, 6) is -0.322. The Morgan fingerprint density at radius 2 is 2.30 bits per heavy atom. The molecule has 2 N–H and O–H groups in total. The monoisotopic (exact) mass is 322 g/mol. The lowest BCUT2D eigenvalue weighted by atomic mass is 9.86. The lowest BCUT2D eigenvalue weighted by Crippen LogP contribution is -2.40. The molecule has 1 fully saturated rings. The fourth-order valence-electron chi connectivity index (χ4n) is 2.72. The Kier molecular flexibility index (Phi) is 7.22. The molecule has 128 valence electrons. The molecule has 0 unspecified atom stereocenters. The molecular formula is C16H26N4O3. The molecule has 0 radical (unpaired) electrons. The van der Waals surface area contributed by atoms with Crippen LogP contribution in [0, 0.1) is 5.92 Å². The van der Waals surface area contributed by atoms with Crippen molar-refractivity contribution in [2.45, 2.75) is 45.3 Å². The van der Waals surface area contributed by atoms with E-state index in [0.29, 0.717) is 26.3 Å². The van der Waals surface area contributed by atoms with Crippen LogP contribution in [0.3, 0.4) is 0 Å². The molecular weight excluding hydrogens is 296 g/mol. The summed E-state index contributed by atoms with van der Waals surface area (Å²) in [6.07, 6.45) is 8.68. The SMILES string of the molecule is C/C=C/c1cn(CCOCCNC(=O)[C@@H]2CCCC[C@H]2O)nn1. The van der Waals surface area contributed by atoms with Gasteiger partial charge in [-0.1, -0.05) is 24.1 Å². The fraction of sp³-hybridized carbons (Fsp3) is 0.688. The minimum Gasteiger partial charge on any atom is -0.392 e. The van der Waals surface area contributed by atoms with Crippen molar-refractivity contribution >= 4 is 12.0 Å². The lowest BCUT2D eigenvalue weighted by molar-refractivity contribution is -0.130. The lowest BCUT2D eigenvalue weighted by Gasteiger charge is -2.26. The maximum absolute atomic E-state index is 12.0. The Labute approximate surface area is 136 Å². The maximum Gasteiger partial charge on any atom is 0.225 e. The van der Waals surface area contributed by atoms with E-state index in [0.717, 1.165) is 31.4 Å². The third-order valence-corrected chi connectivity index (χ3v) is 3.97. The number of aromatic nitrogens is 3. The van der Waals surface area contributed by atoms with Gasteiger partial charge >= 0.3 is 0 Å². The van der Waals surface area contributed by atoms with E-state index in [4.69, 9.17) is 4.74 Å². The summed E-state index contributed by atoms with van der Waals surface area (Å²) >= 11 is 0. The number of aliphatic hydroxyl groups is 1. The van der Waals surface area contributed by atoms with Crippen molar-refractivity contribution in [3.63, 3.8) is 0 Å². The first-order valence-corrected chi connectivity index (χ1v) is 8.27. The molecule has 0 aromatic carbocycles. The van der Waals surface area contributed by atoms with Gasteiger partial charge in [-0.3, -0.25) is 4.79 Å². The molecule has 1 aromatic heterocycles. The van der Waals surface area contributed by atoms with E-state index >= 15 is 0 Å². The highest BCUT2D eigenvalue weighted by Crippen LogP contribution is 2.24. The van der Waals surface area contributed by atoms with Crippen LogP contribution in [-0.4, -0.2) is 51.9 Å². The first-order valence-electron chi connectivity index (χ1n) is 8.27. The van der Waals surface area contributed by atoms with Crippen LogP contribution in [0.25, 0.3) is 6.08 Å². The third kappa shape index (κ3) is 5.76. The topological polar surface area (TPSA) is 89.3 Å². The van der Waals surface area contributed by atoms with Gasteiger partial charge in [0, 0.05) is 6.54 Å².